The average molecular weight is 464 g/mol. The molecule has 4 rings (SSSR count). The molecule has 0 bridgehead atoms. The minimum Gasteiger partial charge on any atom is -0.465 e. The van der Waals surface area contributed by atoms with E-state index in [1.807, 2.05) is 17.6 Å². The summed E-state index contributed by atoms with van der Waals surface area (Å²) >= 11 is 0. The van der Waals surface area contributed by atoms with Crippen LogP contribution in [0.15, 0.2) is 23.1 Å². The molecule has 9 heteroatoms. The van der Waals surface area contributed by atoms with Gasteiger partial charge in [-0.3, -0.25) is 4.79 Å². The van der Waals surface area contributed by atoms with E-state index >= 15 is 0 Å². The zero-order chi connectivity index (χ0) is 22.6. The molecule has 1 aliphatic heterocycles. The lowest BCUT2D eigenvalue weighted by atomic mass is 9.90. The standard InChI is InChI=1S/C23H33N3O5S/c1-2-26-21-9-8-19(32(28,29)25-12-14-30-15-13-25)16-20(21)24-22(26)10-11-23(27)31-17-18-6-4-3-5-7-18/h8-9,16,18H,2-7,10-15,17H2,1H3. The minimum atomic E-state index is -3.58. The SMILES string of the molecule is CCn1c(CCC(=O)OCC2CCCCC2)nc2cc(S(=O)(=O)N3CCOCC3)ccc21. The van der Waals surface area contributed by atoms with Gasteiger partial charge < -0.3 is 14.0 Å². The maximum absolute atomic E-state index is 13.0. The highest BCUT2D eigenvalue weighted by Gasteiger charge is 2.27. The van der Waals surface area contributed by atoms with Gasteiger partial charge in [0.1, 0.15) is 5.82 Å². The largest absolute Gasteiger partial charge is 0.465 e. The van der Waals surface area contributed by atoms with Crippen molar-refractivity contribution in [2.24, 2.45) is 5.92 Å². The van der Waals surface area contributed by atoms with Gasteiger partial charge in [0.05, 0.1) is 42.2 Å². The van der Waals surface area contributed by atoms with Gasteiger partial charge in [-0.15, -0.1) is 0 Å². The molecule has 2 fully saturated rings. The van der Waals surface area contributed by atoms with E-state index in [0.29, 0.717) is 57.3 Å². The van der Waals surface area contributed by atoms with Gasteiger partial charge in [0.25, 0.3) is 0 Å². The second-order valence-electron chi connectivity index (χ2n) is 8.63. The highest BCUT2D eigenvalue weighted by Crippen LogP contribution is 2.25. The molecule has 1 aromatic carbocycles. The molecule has 176 valence electrons. The number of benzene rings is 1. The summed E-state index contributed by atoms with van der Waals surface area (Å²) in [4.78, 5) is 17.2. The molecular formula is C23H33N3O5S. The molecule has 0 N–H and O–H groups in total. The van der Waals surface area contributed by atoms with Crippen LogP contribution in [0.25, 0.3) is 11.0 Å². The molecule has 1 saturated heterocycles. The highest BCUT2D eigenvalue weighted by molar-refractivity contribution is 7.89. The van der Waals surface area contributed by atoms with Crippen LogP contribution in [0.1, 0.15) is 51.3 Å². The van der Waals surface area contributed by atoms with Gasteiger partial charge in [0.2, 0.25) is 10.0 Å². The molecule has 2 aromatic rings. The number of aromatic nitrogens is 2. The number of morpholine rings is 1. The summed E-state index contributed by atoms with van der Waals surface area (Å²) in [6.07, 6.45) is 6.78. The summed E-state index contributed by atoms with van der Waals surface area (Å²) in [7, 11) is -3.58. The summed E-state index contributed by atoms with van der Waals surface area (Å²) in [6, 6.07) is 5.09. The Kier molecular flexibility index (Phi) is 7.48. The van der Waals surface area contributed by atoms with Crippen LogP contribution in [-0.4, -0.2) is 61.2 Å². The number of esters is 1. The first-order valence-corrected chi connectivity index (χ1v) is 13.2. The zero-order valence-electron chi connectivity index (χ0n) is 18.8. The first-order valence-electron chi connectivity index (χ1n) is 11.7. The Balaban J connectivity index is 1.44. The number of ether oxygens (including phenoxy) is 2. The van der Waals surface area contributed by atoms with E-state index in [-0.39, 0.29) is 17.3 Å². The van der Waals surface area contributed by atoms with Crippen molar-refractivity contribution in [1.82, 2.24) is 13.9 Å². The smallest absolute Gasteiger partial charge is 0.306 e. The van der Waals surface area contributed by atoms with Gasteiger partial charge >= 0.3 is 5.97 Å². The van der Waals surface area contributed by atoms with Crippen LogP contribution >= 0.6 is 0 Å². The van der Waals surface area contributed by atoms with Crippen molar-refractivity contribution < 1.29 is 22.7 Å². The Bertz CT molecular complexity index is 1040. The van der Waals surface area contributed by atoms with E-state index < -0.39 is 10.0 Å². The summed E-state index contributed by atoms with van der Waals surface area (Å²) < 4.78 is 40.2. The van der Waals surface area contributed by atoms with Crippen LogP contribution in [-0.2, 0) is 37.3 Å². The van der Waals surface area contributed by atoms with Crippen molar-refractivity contribution in [1.29, 1.82) is 0 Å². The molecule has 0 atom stereocenters. The van der Waals surface area contributed by atoms with Gasteiger partial charge in [-0.05, 0) is 43.9 Å². The number of hydrogen-bond donors (Lipinski definition) is 0. The molecule has 8 nitrogen and oxygen atoms in total. The first kappa shape index (κ1) is 23.2. The number of fused-ring (bicyclic) bond motifs is 1. The van der Waals surface area contributed by atoms with Crippen molar-refractivity contribution in [3.05, 3.63) is 24.0 Å². The number of hydrogen-bond acceptors (Lipinski definition) is 6. The lowest BCUT2D eigenvalue weighted by molar-refractivity contribution is -0.145. The third-order valence-electron chi connectivity index (χ3n) is 6.48. The van der Waals surface area contributed by atoms with Crippen LogP contribution in [0.3, 0.4) is 0 Å². The van der Waals surface area contributed by atoms with Gasteiger partial charge in [-0.1, -0.05) is 19.3 Å². The van der Waals surface area contributed by atoms with Crippen LogP contribution in [0.5, 0.6) is 0 Å². The molecule has 2 heterocycles. The average Bonchev–Trinajstić information content (AvgIpc) is 3.19. The molecule has 0 unspecified atom stereocenters. The number of imidazole rings is 1. The lowest BCUT2D eigenvalue weighted by Gasteiger charge is -2.26. The Morgan fingerprint density at radius 3 is 2.66 bits per heavy atom. The van der Waals surface area contributed by atoms with Crippen LogP contribution in [0.4, 0.5) is 0 Å². The van der Waals surface area contributed by atoms with E-state index in [4.69, 9.17) is 9.47 Å². The minimum absolute atomic E-state index is 0.194. The Morgan fingerprint density at radius 1 is 1.19 bits per heavy atom. The fraction of sp³-hybridized carbons (Fsp3) is 0.652. The van der Waals surface area contributed by atoms with Gasteiger partial charge in [0, 0.05) is 26.1 Å². The highest BCUT2D eigenvalue weighted by atomic mass is 32.2. The van der Waals surface area contributed by atoms with E-state index in [0.717, 1.165) is 24.2 Å². The number of carbonyl (C=O) groups is 1. The third kappa shape index (κ3) is 5.15. The second kappa shape index (κ2) is 10.3. The van der Waals surface area contributed by atoms with Crippen LogP contribution in [0, 0.1) is 5.92 Å². The Hall–Kier alpha value is -1.97. The predicted molar refractivity (Wildman–Crippen MR) is 121 cm³/mol. The predicted octanol–water partition coefficient (Wildman–Crippen LogP) is 3.13. The maximum Gasteiger partial charge on any atom is 0.306 e. The number of rotatable bonds is 8. The summed E-state index contributed by atoms with van der Waals surface area (Å²) in [5.74, 6) is 1.08. The third-order valence-corrected chi connectivity index (χ3v) is 8.37. The van der Waals surface area contributed by atoms with Crippen molar-refractivity contribution in [3.8, 4) is 0 Å². The molecule has 0 spiro atoms. The number of nitrogens with zero attached hydrogens (tertiary/aromatic N) is 3. The Morgan fingerprint density at radius 2 is 1.94 bits per heavy atom. The summed E-state index contributed by atoms with van der Waals surface area (Å²) in [5.41, 5.74) is 1.51. The monoisotopic (exact) mass is 463 g/mol. The number of aryl methyl sites for hydroxylation is 2. The molecule has 32 heavy (non-hydrogen) atoms. The van der Waals surface area contributed by atoms with Crippen molar-refractivity contribution in [3.63, 3.8) is 0 Å². The lowest BCUT2D eigenvalue weighted by Crippen LogP contribution is -2.40. The summed E-state index contributed by atoms with van der Waals surface area (Å²) in [6.45, 7) is 4.77. The zero-order valence-corrected chi connectivity index (χ0v) is 19.6. The van der Waals surface area contributed by atoms with Crippen molar-refractivity contribution in [2.75, 3.05) is 32.9 Å². The quantitative estimate of drug-likeness (QED) is 0.559. The van der Waals surface area contributed by atoms with Crippen LogP contribution in [0.2, 0.25) is 0 Å². The maximum atomic E-state index is 13.0. The molecule has 1 saturated carbocycles. The number of sulfonamides is 1. The molecular weight excluding hydrogens is 430 g/mol. The van der Waals surface area contributed by atoms with E-state index in [1.54, 1.807) is 12.1 Å². The molecule has 1 aliphatic carbocycles. The fourth-order valence-electron chi connectivity index (χ4n) is 4.65. The van der Waals surface area contributed by atoms with E-state index in [1.165, 1.54) is 23.6 Å². The summed E-state index contributed by atoms with van der Waals surface area (Å²) in [5, 5.41) is 0. The molecule has 0 amide bonds. The van der Waals surface area contributed by atoms with Crippen molar-refractivity contribution >= 4 is 27.0 Å². The number of carbonyl (C=O) groups excluding carboxylic acids is 1. The first-order chi connectivity index (χ1) is 15.5. The second-order valence-corrected chi connectivity index (χ2v) is 10.6. The van der Waals surface area contributed by atoms with E-state index in [2.05, 4.69) is 4.98 Å². The topological polar surface area (TPSA) is 90.7 Å². The van der Waals surface area contributed by atoms with Crippen molar-refractivity contribution in [2.45, 2.75) is 63.3 Å². The molecule has 2 aliphatic rings. The van der Waals surface area contributed by atoms with Gasteiger partial charge in [-0.25, -0.2) is 13.4 Å². The molecule has 1 aromatic heterocycles. The molecule has 0 radical (unpaired) electrons. The van der Waals surface area contributed by atoms with Crippen LogP contribution < -0.4 is 0 Å². The van der Waals surface area contributed by atoms with E-state index in [9.17, 15) is 13.2 Å². The fourth-order valence-corrected chi connectivity index (χ4v) is 6.08. The van der Waals surface area contributed by atoms with Gasteiger partial charge in [0.15, 0.2) is 0 Å². The normalized spacial score (nSPS) is 18.8. The van der Waals surface area contributed by atoms with Gasteiger partial charge in [-0.2, -0.15) is 4.31 Å². The Labute approximate surface area is 189 Å².